The highest BCUT2D eigenvalue weighted by atomic mass is 32.1. The highest BCUT2D eigenvalue weighted by molar-refractivity contribution is 7.18. The maximum absolute atomic E-state index is 4.75. The lowest BCUT2D eigenvalue weighted by Gasteiger charge is -2.35. The number of rotatable bonds is 3. The summed E-state index contributed by atoms with van der Waals surface area (Å²) in [7, 11) is 0. The van der Waals surface area contributed by atoms with Crippen LogP contribution in [0.3, 0.4) is 0 Å². The molecule has 1 aliphatic heterocycles. The number of aromatic nitrogens is 3. The number of hydrogen-bond donors (Lipinski definition) is 0. The first-order valence-corrected chi connectivity index (χ1v) is 9.88. The number of thiazole rings is 1. The van der Waals surface area contributed by atoms with Gasteiger partial charge in [-0.1, -0.05) is 6.92 Å². The van der Waals surface area contributed by atoms with Crippen LogP contribution in [0.2, 0.25) is 0 Å². The smallest absolute Gasteiger partial charge is 0.141 e. The Morgan fingerprint density at radius 2 is 2.22 bits per heavy atom. The van der Waals surface area contributed by atoms with E-state index >= 15 is 0 Å². The predicted molar refractivity (Wildman–Crippen MR) is 97.6 cm³/mol. The lowest BCUT2D eigenvalue weighted by atomic mass is 10.0. The summed E-state index contributed by atoms with van der Waals surface area (Å²) in [5.74, 6) is 1.09. The molecule has 4 nitrogen and oxygen atoms in total. The largest absolute Gasteiger partial charge is 0.347 e. The Morgan fingerprint density at radius 1 is 1.30 bits per heavy atom. The van der Waals surface area contributed by atoms with Crippen LogP contribution in [0.5, 0.6) is 0 Å². The lowest BCUT2D eigenvalue weighted by Crippen LogP contribution is -2.34. The molecule has 0 N–H and O–H groups in total. The molecule has 1 saturated heterocycles. The van der Waals surface area contributed by atoms with Crippen LogP contribution in [-0.4, -0.2) is 21.5 Å². The van der Waals surface area contributed by atoms with E-state index in [1.54, 1.807) is 29.0 Å². The van der Waals surface area contributed by atoms with Crippen LogP contribution >= 0.6 is 22.7 Å². The van der Waals surface area contributed by atoms with E-state index < -0.39 is 0 Å². The zero-order valence-electron chi connectivity index (χ0n) is 13.5. The van der Waals surface area contributed by atoms with Gasteiger partial charge in [0, 0.05) is 22.5 Å². The van der Waals surface area contributed by atoms with Gasteiger partial charge in [-0.2, -0.15) is 0 Å². The SMILES string of the molecule is CCc1cc2c(N3CCCC[C@H]3c3nc(C)cs3)ncnc2s1. The van der Waals surface area contributed by atoms with Crippen LogP contribution in [0.15, 0.2) is 17.8 Å². The van der Waals surface area contributed by atoms with Crippen molar-refractivity contribution in [2.45, 2.75) is 45.6 Å². The molecular formula is C17H20N4S2. The summed E-state index contributed by atoms with van der Waals surface area (Å²) >= 11 is 3.56. The van der Waals surface area contributed by atoms with Gasteiger partial charge in [0.05, 0.1) is 11.4 Å². The van der Waals surface area contributed by atoms with E-state index in [0.29, 0.717) is 6.04 Å². The van der Waals surface area contributed by atoms with Crippen molar-refractivity contribution in [2.75, 3.05) is 11.4 Å². The second kappa shape index (κ2) is 6.17. The van der Waals surface area contributed by atoms with Crippen molar-refractivity contribution in [3.05, 3.63) is 33.4 Å². The molecule has 0 aliphatic carbocycles. The van der Waals surface area contributed by atoms with E-state index in [2.05, 4.69) is 40.2 Å². The summed E-state index contributed by atoms with van der Waals surface area (Å²) < 4.78 is 0. The standard InChI is InChI=1S/C17H20N4S2/c1-3-12-8-13-15(18-10-19-16(13)23-12)21-7-5-4-6-14(21)17-20-11(2)9-22-17/h8-10,14H,3-7H2,1-2H3/t14-/m0/s1. The lowest BCUT2D eigenvalue weighted by molar-refractivity contribution is 0.469. The number of fused-ring (bicyclic) bond motifs is 1. The molecule has 3 aromatic rings. The first kappa shape index (κ1) is 15.0. The van der Waals surface area contributed by atoms with Gasteiger partial charge in [-0.3, -0.25) is 0 Å². The van der Waals surface area contributed by atoms with E-state index in [-0.39, 0.29) is 0 Å². The molecule has 4 heterocycles. The van der Waals surface area contributed by atoms with Gasteiger partial charge in [0.25, 0.3) is 0 Å². The molecule has 0 unspecified atom stereocenters. The highest BCUT2D eigenvalue weighted by Crippen LogP contribution is 2.39. The van der Waals surface area contributed by atoms with E-state index in [9.17, 15) is 0 Å². The molecule has 6 heteroatoms. The van der Waals surface area contributed by atoms with Crippen molar-refractivity contribution in [1.29, 1.82) is 0 Å². The van der Waals surface area contributed by atoms with Gasteiger partial charge in [-0.05, 0) is 38.7 Å². The average molecular weight is 345 g/mol. The van der Waals surface area contributed by atoms with Gasteiger partial charge in [-0.25, -0.2) is 15.0 Å². The van der Waals surface area contributed by atoms with Crippen molar-refractivity contribution in [3.63, 3.8) is 0 Å². The molecule has 1 fully saturated rings. The minimum Gasteiger partial charge on any atom is -0.347 e. The van der Waals surface area contributed by atoms with E-state index in [1.807, 2.05) is 0 Å². The van der Waals surface area contributed by atoms with E-state index in [1.165, 1.54) is 28.1 Å². The van der Waals surface area contributed by atoms with Crippen molar-refractivity contribution in [3.8, 4) is 0 Å². The van der Waals surface area contributed by atoms with Crippen molar-refractivity contribution >= 4 is 38.7 Å². The molecular weight excluding hydrogens is 324 g/mol. The Balaban J connectivity index is 1.79. The third-order valence-electron chi connectivity index (χ3n) is 4.40. The monoisotopic (exact) mass is 344 g/mol. The van der Waals surface area contributed by atoms with Gasteiger partial charge in [-0.15, -0.1) is 22.7 Å². The molecule has 0 amide bonds. The minimum atomic E-state index is 0.352. The fourth-order valence-corrected chi connectivity index (χ4v) is 5.14. The number of piperidine rings is 1. The highest BCUT2D eigenvalue weighted by Gasteiger charge is 2.28. The zero-order valence-corrected chi connectivity index (χ0v) is 15.1. The fourth-order valence-electron chi connectivity index (χ4n) is 3.26. The minimum absolute atomic E-state index is 0.352. The number of thiophene rings is 1. The summed E-state index contributed by atoms with van der Waals surface area (Å²) in [5, 5.41) is 4.58. The molecule has 4 rings (SSSR count). The van der Waals surface area contributed by atoms with E-state index in [4.69, 9.17) is 4.98 Å². The summed E-state index contributed by atoms with van der Waals surface area (Å²) in [4.78, 5) is 18.8. The Bertz CT molecular complexity index is 823. The van der Waals surface area contributed by atoms with Crippen molar-refractivity contribution in [1.82, 2.24) is 15.0 Å². The normalized spacial score (nSPS) is 18.7. The van der Waals surface area contributed by atoms with Crippen LogP contribution < -0.4 is 4.90 Å². The third-order valence-corrected chi connectivity index (χ3v) is 6.66. The molecule has 1 aliphatic rings. The Hall–Kier alpha value is -1.53. The second-order valence-corrected chi connectivity index (χ2v) is 8.02. The molecule has 0 saturated carbocycles. The molecule has 23 heavy (non-hydrogen) atoms. The van der Waals surface area contributed by atoms with E-state index in [0.717, 1.165) is 35.7 Å². The fraction of sp³-hybridized carbons (Fsp3) is 0.471. The predicted octanol–water partition coefficient (Wildman–Crippen LogP) is 4.75. The molecule has 0 bridgehead atoms. The van der Waals surface area contributed by atoms with Crippen LogP contribution in [-0.2, 0) is 6.42 Å². The first-order valence-electron chi connectivity index (χ1n) is 8.18. The van der Waals surface area contributed by atoms with Gasteiger partial charge in [0.15, 0.2) is 0 Å². The Kier molecular flexibility index (Phi) is 4.03. The second-order valence-electron chi connectivity index (χ2n) is 6.01. The van der Waals surface area contributed by atoms with Gasteiger partial charge in [0.2, 0.25) is 0 Å². The van der Waals surface area contributed by atoms with Gasteiger partial charge >= 0.3 is 0 Å². The number of nitrogens with zero attached hydrogens (tertiary/aromatic N) is 4. The summed E-state index contributed by atoms with van der Waals surface area (Å²) in [6, 6.07) is 2.62. The Labute approximate surface area is 144 Å². The van der Waals surface area contributed by atoms with Crippen LogP contribution in [0.1, 0.15) is 47.8 Å². The van der Waals surface area contributed by atoms with Crippen LogP contribution in [0, 0.1) is 6.92 Å². The number of aryl methyl sites for hydroxylation is 2. The number of hydrogen-bond acceptors (Lipinski definition) is 6. The summed E-state index contributed by atoms with van der Waals surface area (Å²) in [6.07, 6.45) is 6.40. The average Bonchev–Trinajstić information content (AvgIpc) is 3.20. The molecule has 1 atom stereocenters. The third kappa shape index (κ3) is 2.74. The maximum atomic E-state index is 4.75. The topological polar surface area (TPSA) is 41.9 Å². The first-order chi connectivity index (χ1) is 11.3. The quantitative estimate of drug-likeness (QED) is 0.687. The molecule has 3 aromatic heterocycles. The van der Waals surface area contributed by atoms with Gasteiger partial charge in [0.1, 0.15) is 22.0 Å². The molecule has 0 radical (unpaired) electrons. The Morgan fingerprint density at radius 3 is 3.00 bits per heavy atom. The van der Waals surface area contributed by atoms with Gasteiger partial charge < -0.3 is 4.90 Å². The van der Waals surface area contributed by atoms with Crippen LogP contribution in [0.25, 0.3) is 10.2 Å². The summed E-state index contributed by atoms with van der Waals surface area (Å²) in [5.41, 5.74) is 1.12. The summed E-state index contributed by atoms with van der Waals surface area (Å²) in [6.45, 7) is 5.31. The maximum Gasteiger partial charge on any atom is 0.141 e. The van der Waals surface area contributed by atoms with Crippen molar-refractivity contribution < 1.29 is 0 Å². The molecule has 0 spiro atoms. The zero-order chi connectivity index (χ0) is 15.8. The molecule has 0 aromatic carbocycles. The van der Waals surface area contributed by atoms with Crippen LogP contribution in [0.4, 0.5) is 5.82 Å². The van der Waals surface area contributed by atoms with Crippen molar-refractivity contribution in [2.24, 2.45) is 0 Å². The molecule has 120 valence electrons. The number of anilines is 1.